The zero-order valence-corrected chi connectivity index (χ0v) is 12.2. The number of hydrogen-bond donors (Lipinski definition) is 0. The van der Waals surface area contributed by atoms with Crippen LogP contribution in [0.25, 0.3) is 6.08 Å². The van der Waals surface area contributed by atoms with Crippen molar-refractivity contribution < 1.29 is 23.9 Å². The van der Waals surface area contributed by atoms with E-state index in [9.17, 15) is 9.59 Å². The smallest absolute Gasteiger partial charge is 0.343 e. The number of ether oxygens (including phenoxy) is 2. The van der Waals surface area contributed by atoms with Gasteiger partial charge in [-0.25, -0.2) is 9.59 Å². The van der Waals surface area contributed by atoms with E-state index in [0.29, 0.717) is 0 Å². The Hall–Kier alpha value is -2.63. The van der Waals surface area contributed by atoms with E-state index in [0.717, 1.165) is 5.56 Å². The summed E-state index contributed by atoms with van der Waals surface area (Å²) in [5, 5.41) is 3.55. The molecule has 0 saturated carbocycles. The Kier molecular flexibility index (Phi) is 6.67. The first kappa shape index (κ1) is 16.4. The van der Waals surface area contributed by atoms with Gasteiger partial charge in [0.1, 0.15) is 5.57 Å². The predicted molar refractivity (Wildman–Crippen MR) is 77.3 cm³/mol. The Morgan fingerprint density at radius 2 is 1.90 bits per heavy atom. The third-order valence-corrected chi connectivity index (χ3v) is 2.28. The summed E-state index contributed by atoms with van der Waals surface area (Å²) in [7, 11) is 1.25. The first-order valence-electron chi connectivity index (χ1n) is 6.32. The van der Waals surface area contributed by atoms with E-state index in [4.69, 9.17) is 9.47 Å². The zero-order chi connectivity index (χ0) is 15.7. The molecule has 1 rings (SSSR count). The molecule has 6 nitrogen and oxygen atoms in total. The molecular weight excluding hydrogens is 274 g/mol. The summed E-state index contributed by atoms with van der Waals surface area (Å²) >= 11 is 0. The SMILES string of the molecule is CCOC(=NOC(C)=O)C(=Cc1ccccc1)C(=O)OC. The van der Waals surface area contributed by atoms with Gasteiger partial charge in [0.05, 0.1) is 13.7 Å². The van der Waals surface area contributed by atoms with Gasteiger partial charge in [-0.05, 0) is 23.7 Å². The van der Waals surface area contributed by atoms with Crippen LogP contribution in [0.1, 0.15) is 19.4 Å². The van der Waals surface area contributed by atoms with Crippen LogP contribution < -0.4 is 0 Å². The van der Waals surface area contributed by atoms with Gasteiger partial charge in [-0.3, -0.25) is 0 Å². The van der Waals surface area contributed by atoms with Crippen molar-refractivity contribution in [1.82, 2.24) is 0 Å². The van der Waals surface area contributed by atoms with E-state index < -0.39 is 11.9 Å². The van der Waals surface area contributed by atoms with Crippen molar-refractivity contribution in [1.29, 1.82) is 0 Å². The third kappa shape index (κ3) is 5.48. The molecule has 0 spiro atoms. The lowest BCUT2D eigenvalue weighted by Crippen LogP contribution is -2.18. The van der Waals surface area contributed by atoms with E-state index in [-0.39, 0.29) is 18.1 Å². The van der Waals surface area contributed by atoms with Gasteiger partial charge in [-0.2, -0.15) is 0 Å². The van der Waals surface area contributed by atoms with Gasteiger partial charge in [0, 0.05) is 6.92 Å². The van der Waals surface area contributed by atoms with Crippen LogP contribution >= 0.6 is 0 Å². The topological polar surface area (TPSA) is 74.2 Å². The van der Waals surface area contributed by atoms with Crippen LogP contribution in [0.3, 0.4) is 0 Å². The summed E-state index contributed by atoms with van der Waals surface area (Å²) in [6, 6.07) is 9.11. The van der Waals surface area contributed by atoms with Crippen molar-refractivity contribution in [2.75, 3.05) is 13.7 Å². The number of nitrogens with zero attached hydrogens (tertiary/aromatic N) is 1. The fourth-order valence-electron chi connectivity index (χ4n) is 1.43. The Labute approximate surface area is 123 Å². The zero-order valence-electron chi connectivity index (χ0n) is 12.2. The summed E-state index contributed by atoms with van der Waals surface area (Å²) in [5.41, 5.74) is 0.819. The second-order valence-corrected chi connectivity index (χ2v) is 3.87. The number of carbonyl (C=O) groups is 2. The van der Waals surface area contributed by atoms with Gasteiger partial charge in [0.2, 0.25) is 0 Å². The molecule has 0 radical (unpaired) electrons. The van der Waals surface area contributed by atoms with E-state index >= 15 is 0 Å². The molecule has 0 aliphatic rings. The normalized spacial score (nSPS) is 11.8. The first-order valence-corrected chi connectivity index (χ1v) is 6.32. The van der Waals surface area contributed by atoms with Gasteiger partial charge >= 0.3 is 11.9 Å². The number of esters is 1. The predicted octanol–water partition coefficient (Wildman–Crippen LogP) is 2.16. The number of rotatable bonds is 5. The summed E-state index contributed by atoms with van der Waals surface area (Å²) < 4.78 is 9.96. The van der Waals surface area contributed by atoms with E-state index in [2.05, 4.69) is 9.99 Å². The molecule has 0 saturated heterocycles. The maximum atomic E-state index is 11.9. The monoisotopic (exact) mass is 291 g/mol. The van der Waals surface area contributed by atoms with Gasteiger partial charge < -0.3 is 14.3 Å². The molecule has 112 valence electrons. The molecule has 0 amide bonds. The van der Waals surface area contributed by atoms with Crippen LogP contribution in [0.5, 0.6) is 0 Å². The Morgan fingerprint density at radius 3 is 2.43 bits per heavy atom. The molecule has 0 heterocycles. The van der Waals surface area contributed by atoms with Crippen molar-refractivity contribution in [3.05, 3.63) is 41.5 Å². The highest BCUT2D eigenvalue weighted by atomic mass is 16.7. The average Bonchev–Trinajstić information content (AvgIpc) is 2.49. The molecule has 0 unspecified atom stereocenters. The Morgan fingerprint density at radius 1 is 1.24 bits per heavy atom. The summed E-state index contributed by atoms with van der Waals surface area (Å²) in [6.45, 7) is 3.18. The number of hydrogen-bond acceptors (Lipinski definition) is 6. The second kappa shape index (κ2) is 8.52. The van der Waals surface area contributed by atoms with Crippen LogP contribution in [0.4, 0.5) is 0 Å². The molecule has 6 heteroatoms. The second-order valence-electron chi connectivity index (χ2n) is 3.87. The van der Waals surface area contributed by atoms with Crippen LogP contribution in [-0.2, 0) is 23.9 Å². The molecule has 0 N–H and O–H groups in total. The molecule has 1 aromatic carbocycles. The minimum absolute atomic E-state index is 0.0619. The van der Waals surface area contributed by atoms with Gasteiger partial charge in [-0.15, -0.1) is 0 Å². The first-order chi connectivity index (χ1) is 10.1. The van der Waals surface area contributed by atoms with Crippen molar-refractivity contribution in [3.63, 3.8) is 0 Å². The molecule has 1 aromatic rings. The van der Waals surface area contributed by atoms with E-state index in [1.165, 1.54) is 14.0 Å². The van der Waals surface area contributed by atoms with Gasteiger partial charge in [-0.1, -0.05) is 30.3 Å². The number of oxime groups is 1. The lowest BCUT2D eigenvalue weighted by molar-refractivity contribution is -0.141. The van der Waals surface area contributed by atoms with Crippen LogP contribution in [0.2, 0.25) is 0 Å². The van der Waals surface area contributed by atoms with Crippen molar-refractivity contribution in [2.45, 2.75) is 13.8 Å². The number of carbonyl (C=O) groups excluding carboxylic acids is 2. The fourth-order valence-corrected chi connectivity index (χ4v) is 1.43. The van der Waals surface area contributed by atoms with E-state index in [1.54, 1.807) is 25.1 Å². The minimum atomic E-state index is -0.641. The molecular formula is C15H17NO5. The number of methoxy groups -OCH3 is 1. The standard InChI is InChI=1S/C15H17NO5/c1-4-20-14(16-21-11(2)17)13(15(18)19-3)10-12-8-6-5-7-9-12/h5-10H,4H2,1-3H3. The molecule has 0 bridgehead atoms. The lowest BCUT2D eigenvalue weighted by atomic mass is 10.1. The van der Waals surface area contributed by atoms with Crippen molar-refractivity contribution in [2.24, 2.45) is 5.16 Å². The summed E-state index contributed by atoms with van der Waals surface area (Å²) in [6.07, 6.45) is 1.55. The van der Waals surface area contributed by atoms with Crippen molar-refractivity contribution >= 4 is 23.9 Å². The Balaban J connectivity index is 3.20. The molecule has 0 atom stereocenters. The quantitative estimate of drug-likeness (QED) is 0.207. The third-order valence-electron chi connectivity index (χ3n) is 2.28. The largest absolute Gasteiger partial charge is 0.475 e. The maximum Gasteiger partial charge on any atom is 0.343 e. The van der Waals surface area contributed by atoms with E-state index in [1.807, 2.05) is 18.2 Å². The summed E-state index contributed by atoms with van der Waals surface area (Å²) in [4.78, 5) is 27.3. The maximum absolute atomic E-state index is 11.9. The van der Waals surface area contributed by atoms with Crippen LogP contribution in [-0.4, -0.2) is 31.6 Å². The van der Waals surface area contributed by atoms with Crippen LogP contribution in [0, 0.1) is 0 Å². The number of benzene rings is 1. The van der Waals surface area contributed by atoms with Gasteiger partial charge in [0.25, 0.3) is 5.90 Å². The molecule has 0 aromatic heterocycles. The lowest BCUT2D eigenvalue weighted by Gasteiger charge is -2.09. The molecule has 0 aliphatic carbocycles. The Bertz CT molecular complexity index is 548. The van der Waals surface area contributed by atoms with Crippen LogP contribution in [0.15, 0.2) is 41.1 Å². The highest BCUT2D eigenvalue weighted by Crippen LogP contribution is 2.11. The molecule has 0 aliphatic heterocycles. The average molecular weight is 291 g/mol. The minimum Gasteiger partial charge on any atom is -0.475 e. The summed E-state index contributed by atoms with van der Waals surface area (Å²) in [5.74, 6) is -1.36. The fraction of sp³-hybridized carbons (Fsp3) is 0.267. The highest BCUT2D eigenvalue weighted by Gasteiger charge is 2.19. The highest BCUT2D eigenvalue weighted by molar-refractivity contribution is 6.19. The molecule has 0 fully saturated rings. The molecule has 21 heavy (non-hydrogen) atoms. The van der Waals surface area contributed by atoms with Gasteiger partial charge in [0.15, 0.2) is 0 Å². The van der Waals surface area contributed by atoms with Crippen molar-refractivity contribution in [3.8, 4) is 0 Å².